The standard InChI is InChI=1S/C9H17N3O/c1-7(5-10)6-11-8(13)12-9(2,3)4/h7H,6H2,1-4H3,(H2,11,12,13). The molecule has 0 aromatic rings. The summed E-state index contributed by atoms with van der Waals surface area (Å²) in [6.07, 6.45) is 0. The molecule has 4 nitrogen and oxygen atoms in total. The van der Waals surface area contributed by atoms with E-state index in [0.717, 1.165) is 0 Å². The van der Waals surface area contributed by atoms with Crippen molar-refractivity contribution in [2.24, 2.45) is 5.92 Å². The van der Waals surface area contributed by atoms with Crippen molar-refractivity contribution in [2.45, 2.75) is 33.2 Å². The summed E-state index contributed by atoms with van der Waals surface area (Å²) < 4.78 is 0. The first-order valence-corrected chi connectivity index (χ1v) is 4.31. The number of hydrogen-bond acceptors (Lipinski definition) is 2. The number of nitrogens with one attached hydrogen (secondary N) is 2. The maximum atomic E-state index is 11.1. The predicted octanol–water partition coefficient (Wildman–Crippen LogP) is 1.24. The molecular weight excluding hydrogens is 166 g/mol. The molecule has 0 aliphatic carbocycles. The largest absolute Gasteiger partial charge is 0.337 e. The van der Waals surface area contributed by atoms with Gasteiger partial charge in [-0.25, -0.2) is 4.79 Å². The molecule has 13 heavy (non-hydrogen) atoms. The Hall–Kier alpha value is -1.24. The second-order valence-corrected chi connectivity index (χ2v) is 4.12. The summed E-state index contributed by atoms with van der Waals surface area (Å²) in [7, 11) is 0. The molecule has 0 aliphatic heterocycles. The van der Waals surface area contributed by atoms with E-state index in [4.69, 9.17) is 5.26 Å². The average molecular weight is 183 g/mol. The fourth-order valence-corrected chi connectivity index (χ4v) is 0.676. The van der Waals surface area contributed by atoms with Crippen LogP contribution < -0.4 is 10.6 Å². The minimum Gasteiger partial charge on any atom is -0.337 e. The lowest BCUT2D eigenvalue weighted by atomic mass is 10.1. The molecule has 0 saturated heterocycles. The molecule has 2 amide bonds. The summed E-state index contributed by atoms with van der Waals surface area (Å²) in [5.41, 5.74) is -0.236. The fraction of sp³-hybridized carbons (Fsp3) is 0.778. The van der Waals surface area contributed by atoms with Gasteiger partial charge in [0.25, 0.3) is 0 Å². The highest BCUT2D eigenvalue weighted by atomic mass is 16.2. The third-order valence-electron chi connectivity index (χ3n) is 1.28. The third kappa shape index (κ3) is 7.13. The number of hydrogen-bond donors (Lipinski definition) is 2. The number of nitrogens with zero attached hydrogens (tertiary/aromatic N) is 1. The quantitative estimate of drug-likeness (QED) is 0.676. The molecule has 0 saturated carbocycles. The summed E-state index contributed by atoms with van der Waals surface area (Å²) in [5, 5.41) is 13.8. The molecule has 0 aromatic carbocycles. The Kier molecular flexibility index (Phi) is 4.26. The van der Waals surface area contributed by atoms with Gasteiger partial charge in [-0.2, -0.15) is 5.26 Å². The maximum absolute atomic E-state index is 11.1. The van der Waals surface area contributed by atoms with Crippen molar-refractivity contribution >= 4 is 6.03 Å². The van der Waals surface area contributed by atoms with Crippen LogP contribution in [0.1, 0.15) is 27.7 Å². The minimum atomic E-state index is -0.236. The van der Waals surface area contributed by atoms with Gasteiger partial charge in [-0.3, -0.25) is 0 Å². The third-order valence-corrected chi connectivity index (χ3v) is 1.28. The van der Waals surface area contributed by atoms with Crippen LogP contribution >= 0.6 is 0 Å². The molecule has 1 unspecified atom stereocenters. The maximum Gasteiger partial charge on any atom is 0.315 e. The van der Waals surface area contributed by atoms with Crippen molar-refractivity contribution in [1.82, 2.24) is 10.6 Å². The first-order valence-electron chi connectivity index (χ1n) is 4.31. The van der Waals surface area contributed by atoms with Gasteiger partial charge >= 0.3 is 6.03 Å². The zero-order valence-corrected chi connectivity index (χ0v) is 8.64. The first-order chi connectivity index (χ1) is 5.85. The van der Waals surface area contributed by atoms with Crippen molar-refractivity contribution in [3.05, 3.63) is 0 Å². The molecule has 0 heterocycles. The summed E-state index contributed by atoms with van der Waals surface area (Å²) in [6, 6.07) is 1.81. The Balaban J connectivity index is 3.72. The number of amides is 2. The topological polar surface area (TPSA) is 64.9 Å². The van der Waals surface area contributed by atoms with E-state index in [1.54, 1.807) is 6.92 Å². The van der Waals surface area contributed by atoms with Crippen LogP contribution in [-0.4, -0.2) is 18.1 Å². The molecule has 2 N–H and O–H groups in total. The molecule has 0 bridgehead atoms. The smallest absolute Gasteiger partial charge is 0.315 e. The second kappa shape index (κ2) is 4.70. The van der Waals surface area contributed by atoms with Crippen LogP contribution in [0.3, 0.4) is 0 Å². The van der Waals surface area contributed by atoms with Gasteiger partial charge in [0, 0.05) is 12.1 Å². The van der Waals surface area contributed by atoms with Crippen LogP contribution in [0.2, 0.25) is 0 Å². The Bertz CT molecular complexity index is 212. The number of urea groups is 1. The number of nitriles is 1. The molecule has 74 valence electrons. The van der Waals surface area contributed by atoms with Crippen LogP contribution in [0.25, 0.3) is 0 Å². The van der Waals surface area contributed by atoms with Crippen molar-refractivity contribution < 1.29 is 4.79 Å². The van der Waals surface area contributed by atoms with Gasteiger partial charge in [-0.1, -0.05) is 0 Å². The summed E-state index contributed by atoms with van der Waals surface area (Å²) in [4.78, 5) is 11.1. The van der Waals surface area contributed by atoms with Crippen LogP contribution in [0.4, 0.5) is 4.79 Å². The number of rotatable bonds is 2. The monoisotopic (exact) mass is 183 g/mol. The molecule has 4 heteroatoms. The molecule has 0 fully saturated rings. The number of carbonyl (C=O) groups is 1. The van der Waals surface area contributed by atoms with E-state index in [-0.39, 0.29) is 17.5 Å². The molecule has 0 aliphatic rings. The molecule has 0 spiro atoms. The molecule has 0 aromatic heterocycles. The van der Waals surface area contributed by atoms with E-state index in [1.807, 2.05) is 26.8 Å². The van der Waals surface area contributed by atoms with Crippen LogP contribution in [0.5, 0.6) is 0 Å². The van der Waals surface area contributed by atoms with Gasteiger partial charge in [0.2, 0.25) is 0 Å². The molecular formula is C9H17N3O. The van der Waals surface area contributed by atoms with E-state index in [1.165, 1.54) is 0 Å². The number of carbonyl (C=O) groups excluding carboxylic acids is 1. The average Bonchev–Trinajstić information content (AvgIpc) is 1.97. The van der Waals surface area contributed by atoms with E-state index >= 15 is 0 Å². The van der Waals surface area contributed by atoms with Gasteiger partial charge in [0.1, 0.15) is 0 Å². The highest BCUT2D eigenvalue weighted by molar-refractivity contribution is 5.74. The van der Waals surface area contributed by atoms with E-state index in [0.29, 0.717) is 6.54 Å². The Morgan fingerprint density at radius 1 is 1.54 bits per heavy atom. The predicted molar refractivity (Wildman–Crippen MR) is 51.1 cm³/mol. The van der Waals surface area contributed by atoms with Crippen molar-refractivity contribution in [3.63, 3.8) is 0 Å². The van der Waals surface area contributed by atoms with E-state index in [9.17, 15) is 4.79 Å². The summed E-state index contributed by atoms with van der Waals surface area (Å²) in [6.45, 7) is 7.86. The molecule has 0 rings (SSSR count). The highest BCUT2D eigenvalue weighted by Gasteiger charge is 2.13. The lowest BCUT2D eigenvalue weighted by molar-refractivity contribution is 0.231. The lowest BCUT2D eigenvalue weighted by Gasteiger charge is -2.20. The zero-order chi connectivity index (χ0) is 10.5. The lowest BCUT2D eigenvalue weighted by Crippen LogP contribution is -2.47. The van der Waals surface area contributed by atoms with Crippen molar-refractivity contribution in [3.8, 4) is 6.07 Å². The summed E-state index contributed by atoms with van der Waals surface area (Å²) >= 11 is 0. The highest BCUT2D eigenvalue weighted by Crippen LogP contribution is 1.97. The minimum absolute atomic E-state index is 0.147. The summed E-state index contributed by atoms with van der Waals surface area (Å²) in [5.74, 6) is -0.147. The van der Waals surface area contributed by atoms with Crippen molar-refractivity contribution in [1.29, 1.82) is 5.26 Å². The SMILES string of the molecule is CC(C#N)CNC(=O)NC(C)(C)C. The van der Waals surface area contributed by atoms with Crippen LogP contribution in [0, 0.1) is 17.2 Å². The fourth-order valence-electron chi connectivity index (χ4n) is 0.676. The zero-order valence-electron chi connectivity index (χ0n) is 8.64. The van der Waals surface area contributed by atoms with E-state index < -0.39 is 0 Å². The second-order valence-electron chi connectivity index (χ2n) is 4.12. The van der Waals surface area contributed by atoms with Gasteiger partial charge in [0.15, 0.2) is 0 Å². The van der Waals surface area contributed by atoms with Gasteiger partial charge in [0.05, 0.1) is 12.0 Å². The van der Waals surface area contributed by atoms with Gasteiger partial charge in [-0.15, -0.1) is 0 Å². The van der Waals surface area contributed by atoms with Crippen LogP contribution in [-0.2, 0) is 0 Å². The van der Waals surface area contributed by atoms with E-state index in [2.05, 4.69) is 10.6 Å². The molecule has 0 radical (unpaired) electrons. The Labute approximate surface area is 79.3 Å². The first kappa shape index (κ1) is 11.8. The molecule has 1 atom stereocenters. The van der Waals surface area contributed by atoms with Gasteiger partial charge < -0.3 is 10.6 Å². The normalized spacial score (nSPS) is 12.8. The van der Waals surface area contributed by atoms with Crippen molar-refractivity contribution in [2.75, 3.05) is 6.54 Å². The Morgan fingerprint density at radius 3 is 2.46 bits per heavy atom. The van der Waals surface area contributed by atoms with Gasteiger partial charge in [-0.05, 0) is 27.7 Å². The van der Waals surface area contributed by atoms with Crippen LogP contribution in [0.15, 0.2) is 0 Å². The Morgan fingerprint density at radius 2 is 2.08 bits per heavy atom.